The van der Waals surface area contributed by atoms with E-state index in [1.165, 1.54) is 31.4 Å². The summed E-state index contributed by atoms with van der Waals surface area (Å²) in [6.45, 7) is 0. The van der Waals surface area contributed by atoms with Crippen molar-refractivity contribution in [2.75, 3.05) is 7.11 Å². The summed E-state index contributed by atoms with van der Waals surface area (Å²) in [5, 5.41) is 9.48. The van der Waals surface area contributed by atoms with Gasteiger partial charge in [-0.25, -0.2) is 8.42 Å². The van der Waals surface area contributed by atoms with Crippen LogP contribution in [0.3, 0.4) is 0 Å². The average Bonchev–Trinajstić information content (AvgIpc) is 2.47. The van der Waals surface area contributed by atoms with Gasteiger partial charge in [-0.3, -0.25) is 4.79 Å². The molecule has 5 nitrogen and oxygen atoms in total. The summed E-state index contributed by atoms with van der Waals surface area (Å²) < 4.78 is 28.8. The third-order valence-electron chi connectivity index (χ3n) is 3.94. The van der Waals surface area contributed by atoms with Gasteiger partial charge in [-0.15, -0.1) is 0 Å². The molecule has 0 atom stereocenters. The van der Waals surface area contributed by atoms with Gasteiger partial charge >= 0.3 is 5.97 Å². The third-order valence-corrected chi connectivity index (χ3v) is 6.44. The largest absolute Gasteiger partial charge is 0.497 e. The molecule has 0 aromatic heterocycles. The van der Waals surface area contributed by atoms with Crippen LogP contribution in [-0.2, 0) is 14.6 Å². The Morgan fingerprint density at radius 1 is 1.15 bits per heavy atom. The highest BCUT2D eigenvalue weighted by Crippen LogP contribution is 2.39. The van der Waals surface area contributed by atoms with E-state index in [1.54, 1.807) is 0 Å². The lowest BCUT2D eigenvalue weighted by Crippen LogP contribution is -2.47. The molecule has 6 heteroatoms. The number of rotatable bonds is 4. The summed E-state index contributed by atoms with van der Waals surface area (Å²) >= 11 is 0. The maximum absolute atomic E-state index is 12.7. The van der Waals surface area contributed by atoms with Crippen LogP contribution in [0.15, 0.2) is 29.2 Å². The molecular formula is C14H18O5S. The zero-order valence-corrected chi connectivity index (χ0v) is 12.1. The topological polar surface area (TPSA) is 80.7 Å². The van der Waals surface area contributed by atoms with Crippen molar-refractivity contribution in [1.82, 2.24) is 0 Å². The van der Waals surface area contributed by atoms with Gasteiger partial charge < -0.3 is 9.84 Å². The van der Waals surface area contributed by atoms with E-state index in [0.717, 1.165) is 6.42 Å². The number of sulfone groups is 1. The third kappa shape index (κ3) is 2.28. The molecule has 0 unspecified atom stereocenters. The molecule has 110 valence electrons. The van der Waals surface area contributed by atoms with Crippen molar-refractivity contribution in [2.24, 2.45) is 0 Å². The molecule has 0 spiro atoms. The van der Waals surface area contributed by atoms with Crippen molar-refractivity contribution in [2.45, 2.75) is 41.7 Å². The number of carboxylic acid groups (broad SMARTS) is 1. The number of carboxylic acids is 1. The Hall–Kier alpha value is -1.56. The van der Waals surface area contributed by atoms with Gasteiger partial charge in [-0.2, -0.15) is 0 Å². The number of methoxy groups -OCH3 is 1. The minimum absolute atomic E-state index is 0.0441. The van der Waals surface area contributed by atoms with Crippen molar-refractivity contribution in [1.29, 1.82) is 0 Å². The van der Waals surface area contributed by atoms with Crippen LogP contribution in [0, 0.1) is 0 Å². The lowest BCUT2D eigenvalue weighted by Gasteiger charge is -2.32. The first-order valence-corrected chi connectivity index (χ1v) is 8.04. The van der Waals surface area contributed by atoms with E-state index < -0.39 is 20.6 Å². The monoisotopic (exact) mass is 298 g/mol. The van der Waals surface area contributed by atoms with Crippen LogP contribution < -0.4 is 4.74 Å². The molecule has 1 fully saturated rings. The molecule has 0 radical (unpaired) electrons. The van der Waals surface area contributed by atoms with E-state index in [0.29, 0.717) is 18.6 Å². The lowest BCUT2D eigenvalue weighted by atomic mass is 9.88. The minimum atomic E-state index is -3.90. The molecule has 0 amide bonds. The highest BCUT2D eigenvalue weighted by Gasteiger charge is 2.51. The predicted molar refractivity (Wildman–Crippen MR) is 73.6 cm³/mol. The Labute approximate surface area is 118 Å². The summed E-state index contributed by atoms with van der Waals surface area (Å²) in [7, 11) is -2.41. The quantitative estimate of drug-likeness (QED) is 0.922. The molecular weight excluding hydrogens is 280 g/mol. The zero-order chi connectivity index (χ0) is 14.8. The van der Waals surface area contributed by atoms with Gasteiger partial charge in [0.2, 0.25) is 0 Å². The molecule has 1 aromatic carbocycles. The second-order valence-corrected chi connectivity index (χ2v) is 7.30. The molecule has 2 rings (SSSR count). The van der Waals surface area contributed by atoms with Crippen LogP contribution in [0.25, 0.3) is 0 Å². The van der Waals surface area contributed by atoms with Gasteiger partial charge in [0.25, 0.3) is 0 Å². The number of carbonyl (C=O) groups is 1. The molecule has 0 aliphatic heterocycles. The molecule has 20 heavy (non-hydrogen) atoms. The van der Waals surface area contributed by atoms with Gasteiger partial charge in [-0.05, 0) is 37.1 Å². The van der Waals surface area contributed by atoms with Crippen LogP contribution in [0.1, 0.15) is 32.1 Å². The molecule has 1 N–H and O–H groups in total. The van der Waals surface area contributed by atoms with Crippen molar-refractivity contribution in [3.8, 4) is 5.75 Å². The number of aliphatic carboxylic acids is 1. The van der Waals surface area contributed by atoms with E-state index in [2.05, 4.69) is 0 Å². The summed E-state index contributed by atoms with van der Waals surface area (Å²) in [6.07, 6.45) is 2.49. The second-order valence-electron chi connectivity index (χ2n) is 5.04. The number of ether oxygens (including phenoxy) is 1. The van der Waals surface area contributed by atoms with Crippen LogP contribution in [-0.4, -0.2) is 31.4 Å². The standard InChI is InChI=1S/C14H18O5S/c1-19-11-5-7-12(8-6-11)20(17,18)14(13(15)16)9-3-2-4-10-14/h5-8H,2-4,9-10H2,1H3,(H,15,16). The molecule has 0 bridgehead atoms. The number of hydrogen-bond acceptors (Lipinski definition) is 4. The first-order valence-electron chi connectivity index (χ1n) is 6.56. The Morgan fingerprint density at radius 2 is 1.70 bits per heavy atom. The lowest BCUT2D eigenvalue weighted by molar-refractivity contribution is -0.141. The Kier molecular flexibility index (Phi) is 4.04. The van der Waals surface area contributed by atoms with Crippen molar-refractivity contribution >= 4 is 15.8 Å². The Balaban J connectivity index is 2.47. The van der Waals surface area contributed by atoms with Crippen molar-refractivity contribution in [3.63, 3.8) is 0 Å². The first-order chi connectivity index (χ1) is 9.44. The predicted octanol–water partition coefficient (Wildman–Crippen LogP) is 2.26. The number of hydrogen-bond donors (Lipinski definition) is 1. The van der Waals surface area contributed by atoms with E-state index in [9.17, 15) is 18.3 Å². The molecule has 0 saturated heterocycles. The fourth-order valence-electron chi connectivity index (χ4n) is 2.70. The van der Waals surface area contributed by atoms with Crippen LogP contribution in [0.2, 0.25) is 0 Å². The summed E-state index contributed by atoms with van der Waals surface area (Å²) in [6, 6.07) is 5.89. The highest BCUT2D eigenvalue weighted by atomic mass is 32.2. The summed E-state index contributed by atoms with van der Waals surface area (Å²) in [5.41, 5.74) is 0. The van der Waals surface area contributed by atoms with Crippen LogP contribution >= 0.6 is 0 Å². The second kappa shape index (κ2) is 5.44. The van der Waals surface area contributed by atoms with E-state index in [1.807, 2.05) is 0 Å². The first kappa shape index (κ1) is 14.8. The maximum Gasteiger partial charge on any atom is 0.325 e. The van der Waals surface area contributed by atoms with Gasteiger partial charge in [0, 0.05) is 0 Å². The zero-order valence-electron chi connectivity index (χ0n) is 11.3. The van der Waals surface area contributed by atoms with Crippen molar-refractivity contribution < 1.29 is 23.1 Å². The highest BCUT2D eigenvalue weighted by molar-refractivity contribution is 7.93. The minimum Gasteiger partial charge on any atom is -0.497 e. The SMILES string of the molecule is COc1ccc(S(=O)(=O)C2(C(=O)O)CCCCC2)cc1. The molecule has 1 aliphatic rings. The van der Waals surface area contributed by atoms with E-state index in [-0.39, 0.29) is 17.7 Å². The average molecular weight is 298 g/mol. The molecule has 1 saturated carbocycles. The van der Waals surface area contributed by atoms with Crippen molar-refractivity contribution in [3.05, 3.63) is 24.3 Å². The Morgan fingerprint density at radius 3 is 2.15 bits per heavy atom. The van der Waals surface area contributed by atoms with Gasteiger partial charge in [0.15, 0.2) is 14.6 Å². The fourth-order valence-corrected chi connectivity index (χ4v) is 4.70. The van der Waals surface area contributed by atoms with E-state index >= 15 is 0 Å². The molecule has 1 aliphatic carbocycles. The van der Waals surface area contributed by atoms with Crippen LogP contribution in [0.4, 0.5) is 0 Å². The Bertz CT molecular complexity index is 582. The summed E-state index contributed by atoms with van der Waals surface area (Å²) in [4.78, 5) is 11.7. The summed E-state index contributed by atoms with van der Waals surface area (Å²) in [5.74, 6) is -0.704. The van der Waals surface area contributed by atoms with Gasteiger partial charge in [0.1, 0.15) is 5.75 Å². The van der Waals surface area contributed by atoms with Crippen LogP contribution in [0.5, 0.6) is 5.75 Å². The number of benzene rings is 1. The molecule has 0 heterocycles. The fraction of sp³-hybridized carbons (Fsp3) is 0.500. The van der Waals surface area contributed by atoms with Gasteiger partial charge in [0.05, 0.1) is 12.0 Å². The molecule has 1 aromatic rings. The van der Waals surface area contributed by atoms with Gasteiger partial charge in [-0.1, -0.05) is 19.3 Å². The normalized spacial score (nSPS) is 18.4. The maximum atomic E-state index is 12.7. The van der Waals surface area contributed by atoms with E-state index in [4.69, 9.17) is 4.74 Å². The smallest absolute Gasteiger partial charge is 0.325 e.